The topological polar surface area (TPSA) is 132 Å². The Kier molecular flexibility index (Phi) is 7.64. The average Bonchev–Trinajstić information content (AvgIpc) is 3.65. The number of likely N-dealkylation sites (N-methyl/N-ethyl adjacent to an activating group) is 1. The molecule has 3 aromatic heterocycles. The van der Waals surface area contributed by atoms with Crippen LogP contribution in [-0.4, -0.2) is 89.7 Å². The summed E-state index contributed by atoms with van der Waals surface area (Å²) in [4.78, 5) is 32.3. The van der Waals surface area contributed by atoms with E-state index in [2.05, 4.69) is 66.4 Å². The fraction of sp³-hybridized carbons (Fsp3) is 0.516. The van der Waals surface area contributed by atoms with Crippen LogP contribution in [-0.2, 0) is 10.2 Å². The summed E-state index contributed by atoms with van der Waals surface area (Å²) in [5, 5.41) is 15.0. The second-order valence-corrected chi connectivity index (χ2v) is 13.4. The molecular weight excluding hydrogens is 562 g/mol. The molecule has 0 aromatic carbocycles. The lowest BCUT2D eigenvalue weighted by Gasteiger charge is -2.41. The number of thiophene rings is 1. The molecule has 0 radical (unpaired) electrons. The maximum atomic E-state index is 12.4. The summed E-state index contributed by atoms with van der Waals surface area (Å²) in [7, 11) is 2.13. The Morgan fingerprint density at radius 3 is 2.63 bits per heavy atom. The van der Waals surface area contributed by atoms with Gasteiger partial charge in [0.15, 0.2) is 0 Å². The zero-order valence-electron chi connectivity index (χ0n) is 25.3. The van der Waals surface area contributed by atoms with Gasteiger partial charge in [-0.1, -0.05) is 18.7 Å². The van der Waals surface area contributed by atoms with Crippen molar-refractivity contribution < 1.29 is 9.32 Å². The van der Waals surface area contributed by atoms with Crippen molar-refractivity contribution in [2.24, 2.45) is 0 Å². The zero-order valence-corrected chi connectivity index (χ0v) is 26.2. The van der Waals surface area contributed by atoms with Crippen molar-refractivity contribution in [2.45, 2.75) is 51.0 Å². The molecule has 3 unspecified atom stereocenters. The number of hydrogen-bond acceptors (Lipinski definition) is 11. The largest absolute Gasteiger partial charge is 0.389 e. The van der Waals surface area contributed by atoms with Gasteiger partial charge in [-0.3, -0.25) is 4.79 Å². The van der Waals surface area contributed by atoms with Crippen molar-refractivity contribution in [3.8, 4) is 17.6 Å². The van der Waals surface area contributed by atoms with Gasteiger partial charge in [0.25, 0.3) is 0 Å². The number of amides is 1. The highest BCUT2D eigenvalue weighted by atomic mass is 32.1. The Balaban J connectivity index is 1.38. The first-order valence-electron chi connectivity index (χ1n) is 14.9. The van der Waals surface area contributed by atoms with Crippen LogP contribution >= 0.6 is 11.3 Å². The summed E-state index contributed by atoms with van der Waals surface area (Å²) in [6.45, 7) is 15.6. The summed E-state index contributed by atoms with van der Waals surface area (Å²) in [6, 6.07) is 6.53. The van der Waals surface area contributed by atoms with Crippen LogP contribution in [0, 0.1) is 11.3 Å². The first-order chi connectivity index (χ1) is 20.6. The standard InChI is InChI=1S/C31H39N9O2S/c1-6-25(41)40-14-13-39(18-20(40)3)21-15-23(34-24(16-21)38-11-9-37(5)10-12-38)29-35-30(42-36-29)31(4)8-7-19(2)27-26(31)22(17-32)28(33)43-27/h6,15-16,19-20H,1,7-14,18,33H2,2-5H3. The van der Waals surface area contributed by atoms with Gasteiger partial charge in [-0.15, -0.1) is 11.3 Å². The molecule has 11 nitrogen and oxygen atoms in total. The lowest BCUT2D eigenvalue weighted by Crippen LogP contribution is -2.53. The molecule has 0 bridgehead atoms. The van der Waals surface area contributed by atoms with Crippen LogP contribution in [0.5, 0.6) is 0 Å². The molecule has 5 heterocycles. The predicted octanol–water partition coefficient (Wildman–Crippen LogP) is 3.83. The van der Waals surface area contributed by atoms with Crippen LogP contribution in [0.3, 0.4) is 0 Å². The maximum absolute atomic E-state index is 12.4. The van der Waals surface area contributed by atoms with Crippen LogP contribution in [0.15, 0.2) is 29.3 Å². The number of pyridine rings is 1. The van der Waals surface area contributed by atoms with Gasteiger partial charge in [-0.2, -0.15) is 10.2 Å². The Morgan fingerprint density at radius 2 is 1.93 bits per heavy atom. The summed E-state index contributed by atoms with van der Waals surface area (Å²) in [5.41, 5.74) is 8.77. The summed E-state index contributed by atoms with van der Waals surface area (Å²) >= 11 is 1.50. The number of piperazine rings is 2. The van der Waals surface area contributed by atoms with Gasteiger partial charge in [0, 0.05) is 74.0 Å². The fourth-order valence-electron chi connectivity index (χ4n) is 6.63. The lowest BCUT2D eigenvalue weighted by atomic mass is 9.69. The number of carbonyl (C=O) groups is 1. The number of aromatic nitrogens is 3. The number of nitrogens with two attached hydrogens (primary N) is 1. The summed E-state index contributed by atoms with van der Waals surface area (Å²) in [5.74, 6) is 2.04. The molecule has 226 valence electrons. The van der Waals surface area contributed by atoms with Crippen LogP contribution in [0.25, 0.3) is 11.5 Å². The van der Waals surface area contributed by atoms with Crippen molar-refractivity contribution in [2.75, 3.05) is 68.4 Å². The van der Waals surface area contributed by atoms with Crippen LogP contribution in [0.4, 0.5) is 16.5 Å². The number of rotatable bonds is 5. The molecular formula is C31H39N9O2S. The minimum Gasteiger partial charge on any atom is -0.389 e. The highest BCUT2D eigenvalue weighted by molar-refractivity contribution is 7.16. The number of nitrogen functional groups attached to an aromatic ring is 1. The predicted molar refractivity (Wildman–Crippen MR) is 168 cm³/mol. The molecule has 3 aliphatic rings. The molecule has 0 saturated carbocycles. The smallest absolute Gasteiger partial charge is 0.246 e. The molecule has 3 aromatic rings. The van der Waals surface area contributed by atoms with E-state index in [0.717, 1.165) is 61.0 Å². The molecule has 43 heavy (non-hydrogen) atoms. The molecule has 1 amide bonds. The van der Waals surface area contributed by atoms with E-state index in [-0.39, 0.29) is 11.9 Å². The Morgan fingerprint density at radius 1 is 1.19 bits per heavy atom. The molecule has 2 N–H and O–H groups in total. The molecule has 2 aliphatic heterocycles. The van der Waals surface area contributed by atoms with Crippen molar-refractivity contribution in [3.63, 3.8) is 0 Å². The van der Waals surface area contributed by atoms with E-state index < -0.39 is 5.41 Å². The fourth-order valence-corrected chi connectivity index (χ4v) is 7.87. The highest BCUT2D eigenvalue weighted by Crippen LogP contribution is 2.52. The van der Waals surface area contributed by atoms with Crippen molar-refractivity contribution in [3.05, 3.63) is 46.7 Å². The van der Waals surface area contributed by atoms with Crippen molar-refractivity contribution in [1.82, 2.24) is 24.9 Å². The third kappa shape index (κ3) is 5.14. The molecule has 3 atom stereocenters. The van der Waals surface area contributed by atoms with E-state index in [0.29, 0.717) is 53.5 Å². The van der Waals surface area contributed by atoms with Crippen LogP contribution < -0.4 is 15.5 Å². The monoisotopic (exact) mass is 601 g/mol. The molecule has 0 spiro atoms. The van der Waals surface area contributed by atoms with Gasteiger partial charge in [0.1, 0.15) is 22.6 Å². The van der Waals surface area contributed by atoms with Gasteiger partial charge in [-0.25, -0.2) is 4.98 Å². The van der Waals surface area contributed by atoms with E-state index in [1.165, 1.54) is 17.4 Å². The maximum Gasteiger partial charge on any atom is 0.246 e. The van der Waals surface area contributed by atoms with Gasteiger partial charge in [0.05, 0.1) is 11.0 Å². The second-order valence-electron chi connectivity index (χ2n) is 12.3. The third-order valence-corrected chi connectivity index (χ3v) is 10.6. The molecule has 6 rings (SSSR count). The van der Waals surface area contributed by atoms with E-state index in [4.69, 9.17) is 20.2 Å². The average molecular weight is 602 g/mol. The Labute approximate surface area is 256 Å². The zero-order chi connectivity index (χ0) is 30.5. The number of nitrogens with zero attached hydrogens (tertiary/aromatic N) is 8. The molecule has 12 heteroatoms. The van der Waals surface area contributed by atoms with Gasteiger partial charge < -0.3 is 29.9 Å². The molecule has 2 fully saturated rings. The van der Waals surface area contributed by atoms with Crippen LogP contribution in [0.1, 0.15) is 61.4 Å². The Bertz CT molecular complexity index is 1580. The van der Waals surface area contributed by atoms with Crippen molar-refractivity contribution >= 4 is 33.8 Å². The SMILES string of the molecule is C=CC(=O)N1CCN(c2cc(-c3noc(C4(C)CCC(C)c5sc(N)c(C#N)c54)n3)nc(N3CCN(C)CC3)c2)CC1C. The second kappa shape index (κ2) is 11.3. The quantitative estimate of drug-likeness (QED) is 0.431. The van der Waals surface area contributed by atoms with Crippen molar-refractivity contribution in [1.29, 1.82) is 5.26 Å². The highest BCUT2D eigenvalue weighted by Gasteiger charge is 2.45. The van der Waals surface area contributed by atoms with Gasteiger partial charge in [0.2, 0.25) is 17.6 Å². The number of hydrogen-bond donors (Lipinski definition) is 1. The summed E-state index contributed by atoms with van der Waals surface area (Å²) in [6.07, 6.45) is 3.10. The minimum absolute atomic E-state index is 0.0370. The van der Waals surface area contributed by atoms with Crippen LogP contribution in [0.2, 0.25) is 0 Å². The van der Waals surface area contributed by atoms with E-state index in [1.807, 2.05) is 11.0 Å². The molecule has 2 saturated heterocycles. The number of fused-ring (bicyclic) bond motifs is 1. The number of nitriles is 1. The Hall–Kier alpha value is -3.95. The van der Waals surface area contributed by atoms with E-state index in [9.17, 15) is 10.1 Å². The normalized spacial score (nSPS) is 24.5. The van der Waals surface area contributed by atoms with Gasteiger partial charge >= 0.3 is 0 Å². The third-order valence-electron chi connectivity index (χ3n) is 9.35. The first kappa shape index (κ1) is 29.1. The number of anilines is 3. The number of carbonyl (C=O) groups excluding carboxylic acids is 1. The minimum atomic E-state index is -0.617. The van der Waals surface area contributed by atoms with E-state index >= 15 is 0 Å². The van der Waals surface area contributed by atoms with E-state index in [1.54, 1.807) is 0 Å². The summed E-state index contributed by atoms with van der Waals surface area (Å²) < 4.78 is 5.98. The van der Waals surface area contributed by atoms with Gasteiger partial charge in [-0.05, 0) is 51.8 Å². The first-order valence-corrected chi connectivity index (χ1v) is 15.8. The lowest BCUT2D eigenvalue weighted by molar-refractivity contribution is -0.128. The molecule has 1 aliphatic carbocycles.